The first kappa shape index (κ1) is 12.5. The van der Waals surface area contributed by atoms with Crippen LogP contribution in [-0.4, -0.2) is 16.0 Å². The van der Waals surface area contributed by atoms with E-state index in [4.69, 9.17) is 11.6 Å². The van der Waals surface area contributed by atoms with Crippen molar-refractivity contribution < 1.29 is 0 Å². The molecular weight excluding hydrogens is 252 g/mol. The monoisotopic (exact) mass is 266 g/mol. The Hall–Kier alpha value is -0.930. The zero-order valence-electron chi connectivity index (χ0n) is 9.98. The minimum atomic E-state index is 0.764. The summed E-state index contributed by atoms with van der Waals surface area (Å²) in [5, 5.41) is 6.39. The molecular formula is C13H15ClN2S. The lowest BCUT2D eigenvalue weighted by Crippen LogP contribution is -2.01. The number of aryl methyl sites for hydroxylation is 1. The fourth-order valence-corrected chi connectivity index (χ4v) is 2.26. The van der Waals surface area contributed by atoms with Crippen molar-refractivity contribution >= 4 is 23.4 Å². The maximum Gasteiger partial charge on any atom is 0.118 e. The van der Waals surface area contributed by atoms with Gasteiger partial charge in [-0.05, 0) is 36.4 Å². The summed E-state index contributed by atoms with van der Waals surface area (Å²) in [5.74, 6) is 0. The molecule has 0 amide bonds. The van der Waals surface area contributed by atoms with Crippen molar-refractivity contribution in [1.82, 2.24) is 9.78 Å². The van der Waals surface area contributed by atoms with E-state index in [9.17, 15) is 0 Å². The summed E-state index contributed by atoms with van der Waals surface area (Å²) >= 11 is 7.58. The van der Waals surface area contributed by atoms with Gasteiger partial charge >= 0.3 is 0 Å². The molecule has 2 aromatic rings. The van der Waals surface area contributed by atoms with Crippen LogP contribution >= 0.6 is 23.4 Å². The Morgan fingerprint density at radius 2 is 2.00 bits per heavy atom. The summed E-state index contributed by atoms with van der Waals surface area (Å²) in [6.07, 6.45) is 3.13. The van der Waals surface area contributed by atoms with Gasteiger partial charge in [0.25, 0.3) is 0 Å². The van der Waals surface area contributed by atoms with Crippen molar-refractivity contribution in [2.45, 2.75) is 24.9 Å². The summed E-state index contributed by atoms with van der Waals surface area (Å²) in [6, 6.07) is 10.0. The second kappa shape index (κ2) is 5.61. The van der Waals surface area contributed by atoms with Crippen LogP contribution < -0.4 is 0 Å². The van der Waals surface area contributed by atoms with Crippen LogP contribution in [0.2, 0.25) is 5.02 Å². The van der Waals surface area contributed by atoms with Crippen molar-refractivity contribution in [3.05, 3.63) is 35.4 Å². The molecule has 0 N–H and O–H groups in total. The van der Waals surface area contributed by atoms with E-state index in [-0.39, 0.29) is 0 Å². The Balaban J connectivity index is 2.42. The molecule has 0 fully saturated rings. The number of hydrogen-bond donors (Lipinski definition) is 0. The third-order valence-corrected chi connectivity index (χ3v) is 3.41. The third kappa shape index (κ3) is 2.85. The van der Waals surface area contributed by atoms with E-state index >= 15 is 0 Å². The molecule has 0 spiro atoms. The predicted molar refractivity (Wildman–Crippen MR) is 74.7 cm³/mol. The van der Waals surface area contributed by atoms with Gasteiger partial charge in [-0.1, -0.05) is 30.7 Å². The summed E-state index contributed by atoms with van der Waals surface area (Å²) in [5.41, 5.74) is 2.32. The quantitative estimate of drug-likeness (QED) is 0.767. The minimum Gasteiger partial charge on any atom is -0.264 e. The predicted octanol–water partition coefficient (Wildman–Crippen LogP) is 4.34. The fraction of sp³-hybridized carbons (Fsp3) is 0.308. The number of benzene rings is 1. The Bertz CT molecular complexity index is 491. The van der Waals surface area contributed by atoms with Crippen LogP contribution in [0, 0.1) is 0 Å². The number of rotatable bonds is 4. The Labute approximate surface area is 111 Å². The van der Waals surface area contributed by atoms with Gasteiger partial charge in [0, 0.05) is 11.6 Å². The molecule has 2 rings (SSSR count). The molecule has 4 heteroatoms. The molecule has 0 aliphatic rings. The lowest BCUT2D eigenvalue weighted by atomic mass is 10.1. The van der Waals surface area contributed by atoms with Crippen LogP contribution in [0.15, 0.2) is 35.4 Å². The lowest BCUT2D eigenvalue weighted by molar-refractivity contribution is 0.595. The van der Waals surface area contributed by atoms with Gasteiger partial charge in [-0.3, -0.25) is 4.68 Å². The topological polar surface area (TPSA) is 17.8 Å². The molecule has 1 heterocycles. The maximum absolute atomic E-state index is 5.91. The van der Waals surface area contributed by atoms with Crippen molar-refractivity contribution in [2.75, 3.05) is 6.26 Å². The van der Waals surface area contributed by atoms with Gasteiger partial charge in [0.1, 0.15) is 5.03 Å². The van der Waals surface area contributed by atoms with E-state index in [1.54, 1.807) is 11.8 Å². The number of nitrogens with zero attached hydrogens (tertiary/aromatic N) is 2. The molecule has 2 nitrogen and oxygen atoms in total. The molecule has 0 atom stereocenters. The van der Waals surface area contributed by atoms with Gasteiger partial charge in [0.05, 0.1) is 5.69 Å². The number of aromatic nitrogens is 2. The Morgan fingerprint density at radius 1 is 1.29 bits per heavy atom. The molecule has 0 aliphatic heterocycles. The van der Waals surface area contributed by atoms with Crippen LogP contribution in [0.1, 0.15) is 13.3 Å². The third-order valence-electron chi connectivity index (χ3n) is 2.54. The van der Waals surface area contributed by atoms with Crippen molar-refractivity contribution in [3.63, 3.8) is 0 Å². The molecule has 0 radical (unpaired) electrons. The smallest absolute Gasteiger partial charge is 0.118 e. The van der Waals surface area contributed by atoms with Gasteiger partial charge < -0.3 is 0 Å². The highest BCUT2D eigenvalue weighted by molar-refractivity contribution is 7.98. The molecule has 1 aromatic heterocycles. The first-order valence-electron chi connectivity index (χ1n) is 5.62. The van der Waals surface area contributed by atoms with Crippen LogP contribution in [0.5, 0.6) is 0 Å². The van der Waals surface area contributed by atoms with Crippen LogP contribution in [0.3, 0.4) is 0 Å². The van der Waals surface area contributed by atoms with E-state index in [0.29, 0.717) is 0 Å². The zero-order chi connectivity index (χ0) is 12.3. The fourth-order valence-electron chi connectivity index (χ4n) is 1.73. The molecule has 0 saturated heterocycles. The lowest BCUT2D eigenvalue weighted by Gasteiger charge is -2.05. The summed E-state index contributed by atoms with van der Waals surface area (Å²) < 4.78 is 2.06. The second-order valence-corrected chi connectivity index (χ2v) is 5.06. The molecule has 0 bridgehead atoms. The molecule has 0 saturated carbocycles. The highest BCUT2D eigenvalue weighted by Gasteiger charge is 2.08. The molecule has 0 aliphatic carbocycles. The molecule has 90 valence electrons. The standard InChI is InChI=1S/C13H15ClN2S/c1-3-8-16-12(9-13(15-16)17-2)10-4-6-11(14)7-5-10/h4-7,9H,3,8H2,1-2H3. The van der Waals surface area contributed by atoms with Gasteiger partial charge in [-0.25, -0.2) is 0 Å². The van der Waals surface area contributed by atoms with Crippen LogP contribution in [-0.2, 0) is 6.54 Å². The van der Waals surface area contributed by atoms with Crippen LogP contribution in [0.25, 0.3) is 11.3 Å². The van der Waals surface area contributed by atoms with Gasteiger partial charge in [0.15, 0.2) is 0 Å². The summed E-state index contributed by atoms with van der Waals surface area (Å²) in [7, 11) is 0. The second-order valence-electron chi connectivity index (χ2n) is 3.80. The van der Waals surface area contributed by atoms with E-state index in [1.165, 1.54) is 0 Å². The Morgan fingerprint density at radius 3 is 2.59 bits per heavy atom. The zero-order valence-corrected chi connectivity index (χ0v) is 11.6. The van der Waals surface area contributed by atoms with Crippen molar-refractivity contribution in [1.29, 1.82) is 0 Å². The summed E-state index contributed by atoms with van der Waals surface area (Å²) in [4.78, 5) is 0. The molecule has 1 aromatic carbocycles. The van der Waals surface area contributed by atoms with Gasteiger partial charge in [-0.15, -0.1) is 11.8 Å². The van der Waals surface area contributed by atoms with Crippen LogP contribution in [0.4, 0.5) is 0 Å². The largest absolute Gasteiger partial charge is 0.264 e. The highest BCUT2D eigenvalue weighted by Crippen LogP contribution is 2.25. The van der Waals surface area contributed by atoms with Crippen molar-refractivity contribution in [2.24, 2.45) is 0 Å². The summed E-state index contributed by atoms with van der Waals surface area (Å²) in [6.45, 7) is 3.10. The van der Waals surface area contributed by atoms with Gasteiger partial charge in [0.2, 0.25) is 0 Å². The highest BCUT2D eigenvalue weighted by atomic mass is 35.5. The number of hydrogen-bond acceptors (Lipinski definition) is 2. The maximum atomic E-state index is 5.91. The number of halogens is 1. The van der Waals surface area contributed by atoms with E-state index in [2.05, 4.69) is 22.8 Å². The first-order valence-corrected chi connectivity index (χ1v) is 7.22. The van der Waals surface area contributed by atoms with Gasteiger partial charge in [-0.2, -0.15) is 5.10 Å². The average molecular weight is 267 g/mol. The Kier molecular flexibility index (Phi) is 4.13. The average Bonchev–Trinajstić information content (AvgIpc) is 2.74. The van der Waals surface area contributed by atoms with Crippen molar-refractivity contribution in [3.8, 4) is 11.3 Å². The first-order chi connectivity index (χ1) is 8.24. The number of thioether (sulfide) groups is 1. The SMILES string of the molecule is CCCn1nc(SC)cc1-c1ccc(Cl)cc1. The van der Waals surface area contributed by atoms with E-state index < -0.39 is 0 Å². The normalized spacial score (nSPS) is 10.8. The molecule has 0 unspecified atom stereocenters. The minimum absolute atomic E-state index is 0.764. The molecule has 17 heavy (non-hydrogen) atoms. The van der Waals surface area contributed by atoms with E-state index in [0.717, 1.165) is 34.3 Å². The van der Waals surface area contributed by atoms with E-state index in [1.807, 2.05) is 30.5 Å².